The molecule has 0 radical (unpaired) electrons. The highest BCUT2D eigenvalue weighted by molar-refractivity contribution is 6.06. The fourth-order valence-electron chi connectivity index (χ4n) is 5.89. The number of ether oxygens (including phenoxy) is 2. The number of carboxylic acid groups (broad SMARTS) is 1. The minimum Gasteiger partial charge on any atom is -0.475 e. The summed E-state index contributed by atoms with van der Waals surface area (Å²) < 4.78 is 54.4. The van der Waals surface area contributed by atoms with Gasteiger partial charge in [-0.15, -0.1) is 0 Å². The SMILES string of the molecule is CC(C)N(C(=O)c1cc2c(cc1C(F)(F)F)OC1(CC1)C(=O)N2CCNC(=O)OCc1ccccc1)[C@@H]1CCCN(C(=O)O)C1. The Labute approximate surface area is 257 Å². The minimum atomic E-state index is -4.93. The van der Waals surface area contributed by atoms with E-state index < -0.39 is 59.0 Å². The van der Waals surface area contributed by atoms with Gasteiger partial charge in [-0.05, 0) is 44.4 Å². The second kappa shape index (κ2) is 12.5. The van der Waals surface area contributed by atoms with Crippen LogP contribution in [0.5, 0.6) is 5.75 Å². The number of carbonyl (C=O) groups is 4. The number of hydrogen-bond acceptors (Lipinski definition) is 6. The molecule has 1 spiro atoms. The number of piperidine rings is 1. The Bertz CT molecular complexity index is 1460. The quantitative estimate of drug-likeness (QED) is 0.425. The number of amides is 4. The number of benzene rings is 2. The molecule has 2 aromatic rings. The zero-order valence-electron chi connectivity index (χ0n) is 24.9. The smallest absolute Gasteiger partial charge is 0.417 e. The molecule has 2 N–H and O–H groups in total. The number of anilines is 1. The van der Waals surface area contributed by atoms with E-state index in [2.05, 4.69) is 5.32 Å². The van der Waals surface area contributed by atoms with Crippen LogP contribution in [0.3, 0.4) is 0 Å². The molecule has 2 heterocycles. The highest BCUT2D eigenvalue weighted by Crippen LogP contribution is 2.51. The molecular formula is C31H35F3N4O7. The van der Waals surface area contributed by atoms with E-state index in [1.54, 1.807) is 38.1 Å². The maximum Gasteiger partial charge on any atom is 0.417 e. The molecule has 1 aliphatic carbocycles. The number of nitrogens with zero attached hydrogens (tertiary/aromatic N) is 3. The minimum absolute atomic E-state index is 0.0205. The number of fused-ring (bicyclic) bond motifs is 1. The topological polar surface area (TPSA) is 129 Å². The Balaban J connectivity index is 1.42. The van der Waals surface area contributed by atoms with Crippen molar-refractivity contribution in [2.24, 2.45) is 0 Å². The van der Waals surface area contributed by atoms with Gasteiger partial charge in [0.25, 0.3) is 11.8 Å². The zero-order valence-corrected chi connectivity index (χ0v) is 24.9. The van der Waals surface area contributed by atoms with E-state index in [4.69, 9.17) is 9.47 Å². The molecule has 11 nitrogen and oxygen atoms in total. The first-order valence-corrected chi connectivity index (χ1v) is 14.8. The maximum atomic E-state index is 14.5. The van der Waals surface area contributed by atoms with Crippen LogP contribution in [-0.2, 0) is 22.3 Å². The molecule has 1 atom stereocenters. The highest BCUT2D eigenvalue weighted by atomic mass is 19.4. The van der Waals surface area contributed by atoms with Crippen LogP contribution in [0.4, 0.5) is 28.4 Å². The van der Waals surface area contributed by atoms with Crippen LogP contribution in [0, 0.1) is 0 Å². The second-order valence-corrected chi connectivity index (χ2v) is 11.7. The molecule has 2 fully saturated rings. The first kappa shape index (κ1) is 31.9. The largest absolute Gasteiger partial charge is 0.475 e. The van der Waals surface area contributed by atoms with Gasteiger partial charge in [-0.25, -0.2) is 9.59 Å². The second-order valence-electron chi connectivity index (χ2n) is 11.7. The van der Waals surface area contributed by atoms with Crippen LogP contribution < -0.4 is 15.0 Å². The lowest BCUT2D eigenvalue weighted by Crippen LogP contribution is -2.54. The summed E-state index contributed by atoms with van der Waals surface area (Å²) in [6, 6.07) is 9.59. The van der Waals surface area contributed by atoms with Gasteiger partial charge in [0.2, 0.25) is 0 Å². The Kier molecular flexibility index (Phi) is 8.86. The van der Waals surface area contributed by atoms with Crippen molar-refractivity contribution in [2.75, 3.05) is 31.1 Å². The van der Waals surface area contributed by atoms with E-state index in [9.17, 15) is 37.5 Å². The average molecular weight is 633 g/mol. The van der Waals surface area contributed by atoms with Gasteiger partial charge in [0.15, 0.2) is 5.60 Å². The highest BCUT2D eigenvalue weighted by Gasteiger charge is 2.58. The van der Waals surface area contributed by atoms with Gasteiger partial charge in [-0.2, -0.15) is 13.2 Å². The molecule has 2 aliphatic heterocycles. The number of halogens is 3. The fourth-order valence-corrected chi connectivity index (χ4v) is 5.89. The van der Waals surface area contributed by atoms with E-state index in [0.717, 1.165) is 22.6 Å². The van der Waals surface area contributed by atoms with Crippen LogP contribution >= 0.6 is 0 Å². The molecule has 45 heavy (non-hydrogen) atoms. The number of alkyl carbamates (subject to hydrolysis) is 1. The number of hydrogen-bond donors (Lipinski definition) is 2. The van der Waals surface area contributed by atoms with Crippen molar-refractivity contribution < 1.29 is 46.9 Å². The van der Waals surface area contributed by atoms with Crippen molar-refractivity contribution in [3.63, 3.8) is 0 Å². The molecule has 3 aliphatic rings. The molecule has 4 amide bonds. The molecule has 0 bridgehead atoms. The molecule has 0 aromatic heterocycles. The van der Waals surface area contributed by atoms with Gasteiger partial charge in [0.05, 0.1) is 22.9 Å². The van der Waals surface area contributed by atoms with Crippen molar-refractivity contribution in [2.45, 2.75) is 70.0 Å². The summed E-state index contributed by atoms with van der Waals surface area (Å²) in [6.07, 6.45) is -5.33. The van der Waals surface area contributed by atoms with Gasteiger partial charge in [-0.1, -0.05) is 30.3 Å². The third-order valence-electron chi connectivity index (χ3n) is 8.24. The van der Waals surface area contributed by atoms with Gasteiger partial charge in [0, 0.05) is 45.1 Å². The molecular weight excluding hydrogens is 597 g/mol. The number of nitrogens with one attached hydrogen (secondary N) is 1. The Morgan fingerprint density at radius 3 is 2.51 bits per heavy atom. The average Bonchev–Trinajstić information content (AvgIpc) is 3.77. The summed E-state index contributed by atoms with van der Waals surface area (Å²) in [5.41, 5.74) is -2.42. The van der Waals surface area contributed by atoms with E-state index in [0.29, 0.717) is 25.7 Å². The van der Waals surface area contributed by atoms with Crippen LogP contribution in [0.15, 0.2) is 42.5 Å². The van der Waals surface area contributed by atoms with Gasteiger partial charge in [0.1, 0.15) is 12.4 Å². The predicted molar refractivity (Wildman–Crippen MR) is 155 cm³/mol. The van der Waals surface area contributed by atoms with Crippen LogP contribution in [0.25, 0.3) is 0 Å². The monoisotopic (exact) mass is 632 g/mol. The standard InChI is InChI=1S/C31H35F3N4O7/c1-19(2)38(21-9-6-13-36(17-21)29(42)43)26(39)22-15-24-25(16-23(22)31(32,33)34)45-30(10-11-30)27(40)37(24)14-12-35-28(41)44-18-20-7-4-3-5-8-20/h3-5,7-8,15-16,19,21H,6,9-14,17-18H2,1-2H3,(H,35,41)(H,42,43)/t21-/m1/s1. The molecule has 5 rings (SSSR count). The van der Waals surface area contributed by atoms with Crippen molar-refractivity contribution >= 4 is 29.7 Å². The van der Waals surface area contributed by atoms with Crippen molar-refractivity contribution in [1.29, 1.82) is 0 Å². The fraction of sp³-hybridized carbons (Fsp3) is 0.484. The van der Waals surface area contributed by atoms with Crippen molar-refractivity contribution in [3.8, 4) is 5.75 Å². The zero-order chi connectivity index (χ0) is 32.5. The predicted octanol–water partition coefficient (Wildman–Crippen LogP) is 4.88. The number of alkyl halides is 3. The third-order valence-corrected chi connectivity index (χ3v) is 8.24. The normalized spacial score (nSPS) is 18.7. The summed E-state index contributed by atoms with van der Waals surface area (Å²) in [7, 11) is 0. The summed E-state index contributed by atoms with van der Waals surface area (Å²) in [5, 5.41) is 12.1. The summed E-state index contributed by atoms with van der Waals surface area (Å²) >= 11 is 0. The number of rotatable bonds is 8. The molecule has 242 valence electrons. The first-order chi connectivity index (χ1) is 21.3. The summed E-state index contributed by atoms with van der Waals surface area (Å²) in [6.45, 7) is 3.38. The van der Waals surface area contributed by atoms with Crippen LogP contribution in [-0.4, -0.2) is 82.8 Å². The molecule has 1 saturated carbocycles. The molecule has 2 aromatic carbocycles. The van der Waals surface area contributed by atoms with Crippen molar-refractivity contribution in [3.05, 3.63) is 59.2 Å². The molecule has 1 saturated heterocycles. The van der Waals surface area contributed by atoms with Crippen LogP contribution in [0.1, 0.15) is 61.0 Å². The van der Waals surface area contributed by atoms with Crippen molar-refractivity contribution in [1.82, 2.24) is 15.1 Å². The third kappa shape index (κ3) is 6.79. The lowest BCUT2D eigenvalue weighted by Gasteiger charge is -2.41. The van der Waals surface area contributed by atoms with E-state index >= 15 is 0 Å². The van der Waals surface area contributed by atoms with Gasteiger partial charge >= 0.3 is 18.4 Å². The lowest BCUT2D eigenvalue weighted by atomic mass is 9.97. The maximum absolute atomic E-state index is 14.5. The van der Waals surface area contributed by atoms with Gasteiger partial charge < -0.3 is 34.6 Å². The number of carbonyl (C=O) groups excluding carboxylic acids is 3. The van der Waals surface area contributed by atoms with E-state index in [1.165, 1.54) is 9.80 Å². The van der Waals surface area contributed by atoms with Crippen LogP contribution in [0.2, 0.25) is 0 Å². The van der Waals surface area contributed by atoms with E-state index in [1.807, 2.05) is 6.07 Å². The molecule has 14 heteroatoms. The lowest BCUT2D eigenvalue weighted by molar-refractivity contribution is -0.138. The Hall–Kier alpha value is -4.49. The Morgan fingerprint density at radius 2 is 1.89 bits per heavy atom. The summed E-state index contributed by atoms with van der Waals surface area (Å²) in [5.74, 6) is -1.59. The first-order valence-electron chi connectivity index (χ1n) is 14.8. The Morgan fingerprint density at radius 1 is 1.18 bits per heavy atom. The van der Waals surface area contributed by atoms with E-state index in [-0.39, 0.29) is 44.2 Å². The van der Waals surface area contributed by atoms with Gasteiger partial charge in [-0.3, -0.25) is 9.59 Å². The number of likely N-dealkylation sites (tertiary alicyclic amines) is 1. The summed E-state index contributed by atoms with van der Waals surface area (Å²) in [4.78, 5) is 55.1. The molecule has 0 unspecified atom stereocenters.